The van der Waals surface area contributed by atoms with Crippen LogP contribution in [0, 0.1) is 13.8 Å². The number of aromatic nitrogens is 1. The summed E-state index contributed by atoms with van der Waals surface area (Å²) in [5, 5.41) is 2.81. The lowest BCUT2D eigenvalue weighted by atomic mass is 10.1. The van der Waals surface area contributed by atoms with Crippen molar-refractivity contribution in [1.82, 2.24) is 10.3 Å². The van der Waals surface area contributed by atoms with E-state index in [9.17, 15) is 4.79 Å². The van der Waals surface area contributed by atoms with Crippen LogP contribution in [0.2, 0.25) is 0 Å². The van der Waals surface area contributed by atoms with Crippen LogP contribution in [0.15, 0.2) is 59.3 Å². The Labute approximate surface area is 158 Å². The molecular weight excluding hydrogens is 342 g/mol. The lowest BCUT2D eigenvalue weighted by Gasteiger charge is -2.21. The third-order valence-electron chi connectivity index (χ3n) is 4.27. The molecular formula is C21H23N3O3. The van der Waals surface area contributed by atoms with Crippen LogP contribution in [0.4, 0.5) is 10.5 Å². The van der Waals surface area contributed by atoms with Crippen LogP contribution in [-0.4, -0.2) is 17.6 Å². The molecule has 0 spiro atoms. The number of rotatable bonds is 6. The fraction of sp³-hybridized carbons (Fsp3) is 0.238. The first kappa shape index (κ1) is 18.5. The number of urea groups is 1. The molecule has 0 aliphatic rings. The second kappa shape index (κ2) is 8.40. The molecule has 0 saturated carbocycles. The van der Waals surface area contributed by atoms with Crippen molar-refractivity contribution < 1.29 is 13.9 Å². The number of nitrogens with zero attached hydrogens (tertiary/aromatic N) is 2. The Kier molecular flexibility index (Phi) is 5.76. The number of benzene rings is 1. The summed E-state index contributed by atoms with van der Waals surface area (Å²) >= 11 is 0. The van der Waals surface area contributed by atoms with Gasteiger partial charge in [0.1, 0.15) is 11.5 Å². The van der Waals surface area contributed by atoms with Gasteiger partial charge >= 0.3 is 6.03 Å². The highest BCUT2D eigenvalue weighted by atomic mass is 16.5. The average Bonchev–Trinajstić information content (AvgIpc) is 3.18. The molecule has 140 valence electrons. The highest BCUT2D eigenvalue weighted by Crippen LogP contribution is 2.27. The van der Waals surface area contributed by atoms with Crippen molar-refractivity contribution in [2.24, 2.45) is 0 Å². The number of carbonyl (C=O) groups is 1. The molecule has 27 heavy (non-hydrogen) atoms. The molecule has 1 aromatic carbocycles. The van der Waals surface area contributed by atoms with E-state index in [1.165, 1.54) is 0 Å². The number of ether oxygens (including phenoxy) is 1. The van der Waals surface area contributed by atoms with Gasteiger partial charge in [-0.3, -0.25) is 4.90 Å². The third-order valence-corrected chi connectivity index (χ3v) is 4.27. The van der Waals surface area contributed by atoms with Gasteiger partial charge in [-0.15, -0.1) is 0 Å². The molecule has 1 N–H and O–H groups in total. The number of hydrogen-bond donors (Lipinski definition) is 1. The van der Waals surface area contributed by atoms with Crippen LogP contribution in [0.25, 0.3) is 0 Å². The minimum atomic E-state index is -0.209. The zero-order chi connectivity index (χ0) is 19.2. The second-order valence-corrected chi connectivity index (χ2v) is 6.16. The van der Waals surface area contributed by atoms with Crippen molar-refractivity contribution >= 4 is 11.7 Å². The Morgan fingerprint density at radius 2 is 2.04 bits per heavy atom. The SMILES string of the molecule is CCNC(=O)N(Cc1ccco1)c1ccc(Oc2cccc(C)c2C)nc1. The summed E-state index contributed by atoms with van der Waals surface area (Å²) in [6.45, 7) is 6.78. The van der Waals surface area contributed by atoms with Crippen molar-refractivity contribution in [3.8, 4) is 11.6 Å². The summed E-state index contributed by atoms with van der Waals surface area (Å²) < 4.78 is 11.3. The van der Waals surface area contributed by atoms with Gasteiger partial charge in [-0.1, -0.05) is 12.1 Å². The largest absolute Gasteiger partial charge is 0.467 e. The predicted molar refractivity (Wildman–Crippen MR) is 104 cm³/mol. The fourth-order valence-electron chi connectivity index (χ4n) is 2.63. The topological polar surface area (TPSA) is 67.6 Å². The molecule has 0 atom stereocenters. The van der Waals surface area contributed by atoms with Gasteiger partial charge in [0.05, 0.1) is 24.7 Å². The quantitative estimate of drug-likeness (QED) is 0.680. The summed E-state index contributed by atoms with van der Waals surface area (Å²) in [6, 6.07) is 12.9. The zero-order valence-corrected chi connectivity index (χ0v) is 15.7. The summed E-state index contributed by atoms with van der Waals surface area (Å²) in [7, 11) is 0. The van der Waals surface area contributed by atoms with Gasteiger partial charge in [0.25, 0.3) is 0 Å². The van der Waals surface area contributed by atoms with Gasteiger partial charge in [0.2, 0.25) is 5.88 Å². The van der Waals surface area contributed by atoms with E-state index in [2.05, 4.69) is 10.3 Å². The Morgan fingerprint density at radius 3 is 2.70 bits per heavy atom. The first-order valence-corrected chi connectivity index (χ1v) is 8.86. The Hall–Kier alpha value is -3.28. The molecule has 6 heteroatoms. The van der Waals surface area contributed by atoms with Crippen LogP contribution < -0.4 is 15.0 Å². The molecule has 3 rings (SSSR count). The molecule has 0 aliphatic heterocycles. The number of amides is 2. The maximum absolute atomic E-state index is 12.4. The molecule has 2 heterocycles. The molecule has 3 aromatic rings. The number of nitrogens with one attached hydrogen (secondary N) is 1. The lowest BCUT2D eigenvalue weighted by Crippen LogP contribution is -2.39. The molecule has 0 saturated heterocycles. The summed E-state index contributed by atoms with van der Waals surface area (Å²) in [5.74, 6) is 1.93. The van der Waals surface area contributed by atoms with Crippen molar-refractivity contribution in [1.29, 1.82) is 0 Å². The van der Waals surface area contributed by atoms with Crippen LogP contribution in [-0.2, 0) is 6.54 Å². The van der Waals surface area contributed by atoms with E-state index in [0.717, 1.165) is 16.9 Å². The average molecular weight is 365 g/mol. The number of furan rings is 1. The number of aryl methyl sites for hydroxylation is 1. The highest BCUT2D eigenvalue weighted by Gasteiger charge is 2.17. The zero-order valence-electron chi connectivity index (χ0n) is 15.7. The van der Waals surface area contributed by atoms with Crippen molar-refractivity contribution in [2.75, 3.05) is 11.4 Å². The van der Waals surface area contributed by atoms with Crippen LogP contribution >= 0.6 is 0 Å². The maximum Gasteiger partial charge on any atom is 0.322 e. The molecule has 2 amide bonds. The minimum absolute atomic E-state index is 0.209. The molecule has 0 fully saturated rings. The predicted octanol–water partition coefficient (Wildman–Crippen LogP) is 4.82. The fourth-order valence-corrected chi connectivity index (χ4v) is 2.63. The van der Waals surface area contributed by atoms with Gasteiger partial charge in [-0.25, -0.2) is 9.78 Å². The third kappa shape index (κ3) is 4.47. The second-order valence-electron chi connectivity index (χ2n) is 6.16. The Balaban J connectivity index is 1.80. The van der Waals surface area contributed by atoms with Crippen LogP contribution in [0.1, 0.15) is 23.8 Å². The Bertz CT molecular complexity index is 890. The maximum atomic E-state index is 12.4. The van der Waals surface area contributed by atoms with E-state index in [1.54, 1.807) is 29.5 Å². The minimum Gasteiger partial charge on any atom is -0.467 e. The van der Waals surface area contributed by atoms with Gasteiger partial charge in [-0.2, -0.15) is 0 Å². The molecule has 0 unspecified atom stereocenters. The first-order chi connectivity index (χ1) is 13.1. The van der Waals surface area contributed by atoms with E-state index in [4.69, 9.17) is 9.15 Å². The monoisotopic (exact) mass is 365 g/mol. The van der Waals surface area contributed by atoms with Gasteiger partial charge in [0.15, 0.2) is 0 Å². The van der Waals surface area contributed by atoms with E-state index in [-0.39, 0.29) is 6.03 Å². The van der Waals surface area contributed by atoms with E-state index in [1.807, 2.05) is 51.1 Å². The van der Waals surface area contributed by atoms with Crippen molar-refractivity contribution in [2.45, 2.75) is 27.3 Å². The standard InChI is InChI=1S/C21H23N3O3/c1-4-22-21(25)24(14-18-8-6-12-26-18)17-10-11-20(23-13-17)27-19-9-5-7-15(2)16(19)3/h5-13H,4,14H2,1-3H3,(H,22,25). The molecule has 6 nitrogen and oxygen atoms in total. The van der Waals surface area contributed by atoms with Crippen molar-refractivity contribution in [3.05, 3.63) is 71.8 Å². The highest BCUT2D eigenvalue weighted by molar-refractivity contribution is 5.91. The number of anilines is 1. The smallest absolute Gasteiger partial charge is 0.322 e. The van der Waals surface area contributed by atoms with Gasteiger partial charge in [0, 0.05) is 12.6 Å². The molecule has 0 aliphatic carbocycles. The summed E-state index contributed by atoms with van der Waals surface area (Å²) in [6.07, 6.45) is 3.21. The summed E-state index contributed by atoms with van der Waals surface area (Å²) in [4.78, 5) is 18.4. The molecule has 0 radical (unpaired) electrons. The molecule has 0 bridgehead atoms. The normalized spacial score (nSPS) is 10.5. The lowest BCUT2D eigenvalue weighted by molar-refractivity contribution is 0.246. The number of carbonyl (C=O) groups excluding carboxylic acids is 1. The van der Waals surface area contributed by atoms with E-state index < -0.39 is 0 Å². The van der Waals surface area contributed by atoms with E-state index >= 15 is 0 Å². The Morgan fingerprint density at radius 1 is 1.19 bits per heavy atom. The van der Waals surface area contributed by atoms with E-state index in [0.29, 0.717) is 30.4 Å². The summed E-state index contributed by atoms with van der Waals surface area (Å²) in [5.41, 5.74) is 2.89. The van der Waals surface area contributed by atoms with Gasteiger partial charge < -0.3 is 14.5 Å². The van der Waals surface area contributed by atoms with Crippen molar-refractivity contribution in [3.63, 3.8) is 0 Å². The number of hydrogen-bond acceptors (Lipinski definition) is 4. The first-order valence-electron chi connectivity index (χ1n) is 8.86. The molecule has 2 aromatic heterocycles. The van der Waals surface area contributed by atoms with Crippen LogP contribution in [0.3, 0.4) is 0 Å². The van der Waals surface area contributed by atoms with Gasteiger partial charge in [-0.05, 0) is 56.2 Å². The van der Waals surface area contributed by atoms with Crippen LogP contribution in [0.5, 0.6) is 11.6 Å². The number of pyridine rings is 1.